The summed E-state index contributed by atoms with van der Waals surface area (Å²) >= 11 is 0. The van der Waals surface area contributed by atoms with Crippen molar-refractivity contribution in [1.82, 2.24) is 30.0 Å². The monoisotopic (exact) mass is 977 g/mol. The van der Waals surface area contributed by atoms with Gasteiger partial charge in [-0.3, -0.25) is 48.2 Å². The molecule has 5 rings (SSSR count). The first kappa shape index (κ1) is 56.4. The summed E-state index contributed by atoms with van der Waals surface area (Å²) in [5.74, 6) is -2.23. The van der Waals surface area contributed by atoms with E-state index in [1.54, 1.807) is 31.2 Å². The number of likely N-dealkylation sites (N-methyl/N-ethyl adjacent to an activating group) is 2. The zero-order chi connectivity index (χ0) is 51.4. The molecule has 0 radical (unpaired) electrons. The molecule has 1 aliphatic carbocycles. The molecule has 3 fully saturated rings. The van der Waals surface area contributed by atoms with Gasteiger partial charge in [-0.2, -0.15) is 0 Å². The second-order valence-electron chi connectivity index (χ2n) is 21.1. The predicted molar refractivity (Wildman–Crippen MR) is 267 cm³/mol. The third-order valence-corrected chi connectivity index (χ3v) is 15.7. The molecule has 3 heterocycles. The molecule has 16 nitrogen and oxygen atoms in total. The highest BCUT2D eigenvalue weighted by atomic mass is 16.7. The second kappa shape index (κ2) is 25.7. The lowest BCUT2D eigenvalue weighted by molar-refractivity contribution is -0.203. The molecule has 1 N–H and O–H groups in total. The van der Waals surface area contributed by atoms with Crippen molar-refractivity contribution in [2.75, 3.05) is 61.1 Å². The van der Waals surface area contributed by atoms with Crippen LogP contribution in [0.4, 0.5) is 0 Å². The van der Waals surface area contributed by atoms with E-state index in [1.807, 2.05) is 83.5 Å². The normalized spacial score (nSPS) is 23.4. The van der Waals surface area contributed by atoms with E-state index >= 15 is 0 Å². The first-order chi connectivity index (χ1) is 33.3. The van der Waals surface area contributed by atoms with Crippen LogP contribution in [0.5, 0.6) is 0 Å². The van der Waals surface area contributed by atoms with Gasteiger partial charge in [0.05, 0.1) is 48.8 Å². The van der Waals surface area contributed by atoms with E-state index in [0.717, 1.165) is 31.2 Å². The summed E-state index contributed by atoms with van der Waals surface area (Å²) in [4.78, 5) is 108. The molecule has 10 atom stereocenters. The molecule has 0 aromatic heterocycles. The number of nitrogens with zero attached hydrogens (tertiary/aromatic N) is 5. The Morgan fingerprint density at radius 1 is 0.886 bits per heavy atom. The number of rotatable bonds is 27. The standard InChI is InChI=1S/C54H84N6O10/c1-12-37(6)49(57(9)52(66)47(35(2)3)55-51(65)48(36(4)5)56(8)28-20-30-59-44(62)25-26-45(59)63)43(68-10)33-46(64)58-29-19-23-41(58)50(69-11)38(7)42(61)24-18-27-54(53(67)60-31-16-17-32-70-60)34-40(54)39-21-14-13-15-22-39/h13-15,21-22,25-26,35-38,40-41,43,47-50H,12,16-20,23-24,27-34H2,1-11H3,(H,55,65)/t37-,38-,40+,41-,43+,47-,48-,49-,50+,54+/m0/s1. The Bertz CT molecular complexity index is 1970. The van der Waals surface area contributed by atoms with E-state index in [0.29, 0.717) is 58.3 Å². The Morgan fingerprint density at radius 2 is 1.57 bits per heavy atom. The van der Waals surface area contributed by atoms with Crippen LogP contribution in [0.3, 0.4) is 0 Å². The third kappa shape index (κ3) is 13.3. The number of ketones is 1. The maximum atomic E-state index is 14.6. The summed E-state index contributed by atoms with van der Waals surface area (Å²) < 4.78 is 12.2. The molecule has 3 aliphatic heterocycles. The van der Waals surface area contributed by atoms with Gasteiger partial charge in [-0.15, -0.1) is 0 Å². The van der Waals surface area contributed by atoms with Crippen LogP contribution in [-0.4, -0.2) is 163 Å². The Hall–Kier alpha value is -4.51. The molecule has 2 saturated heterocycles. The number of ether oxygens (including phenoxy) is 2. The molecule has 1 aromatic rings. The summed E-state index contributed by atoms with van der Waals surface area (Å²) in [6.07, 6.45) is 7.90. The van der Waals surface area contributed by atoms with Gasteiger partial charge in [0.25, 0.3) is 17.7 Å². The fourth-order valence-corrected chi connectivity index (χ4v) is 11.5. The van der Waals surface area contributed by atoms with E-state index in [2.05, 4.69) is 17.4 Å². The first-order valence-corrected chi connectivity index (χ1v) is 26.0. The van der Waals surface area contributed by atoms with Crippen molar-refractivity contribution in [1.29, 1.82) is 0 Å². The maximum absolute atomic E-state index is 14.6. The lowest BCUT2D eigenvalue weighted by Crippen LogP contribution is -2.60. The molecular formula is C54H84N6O10. The van der Waals surface area contributed by atoms with Crippen LogP contribution < -0.4 is 5.32 Å². The molecule has 0 spiro atoms. The van der Waals surface area contributed by atoms with Crippen molar-refractivity contribution < 1.29 is 47.9 Å². The van der Waals surface area contributed by atoms with Crippen LogP contribution in [0.25, 0.3) is 0 Å². The highest BCUT2D eigenvalue weighted by Gasteiger charge is 2.61. The number of carbonyl (C=O) groups is 7. The van der Waals surface area contributed by atoms with Gasteiger partial charge in [0.15, 0.2) is 0 Å². The number of likely N-dealkylation sites (tertiary alicyclic amines) is 1. The van der Waals surface area contributed by atoms with Crippen LogP contribution in [0, 0.1) is 29.1 Å². The Balaban J connectivity index is 1.22. The maximum Gasteiger partial charge on any atom is 0.253 e. The Labute approximate surface area is 417 Å². The SMILES string of the molecule is CC[C@H](C)[C@@H]([C@@H](CC(=O)N1CCC[C@H]1[C@H](OC)[C@@H](C)C(=O)CCC[C@@]1(C(=O)N2CCCCO2)C[C@@H]1c1ccccc1)OC)N(C)C(=O)[C@@H](NC(=O)[C@H](C(C)C)N(C)CCCN1C(=O)C=CC1=O)C(C)C. The van der Waals surface area contributed by atoms with E-state index in [9.17, 15) is 33.6 Å². The molecule has 1 aromatic carbocycles. The highest BCUT2D eigenvalue weighted by Crippen LogP contribution is 2.63. The fraction of sp³-hybridized carbons (Fsp3) is 0.722. The molecule has 0 unspecified atom stereocenters. The molecule has 4 aliphatic rings. The molecule has 6 amide bonds. The number of amides is 6. The molecule has 1 saturated carbocycles. The number of benzene rings is 1. The minimum atomic E-state index is -0.869. The zero-order valence-electron chi connectivity index (χ0n) is 44.0. The number of hydrogen-bond acceptors (Lipinski definition) is 11. The van der Waals surface area contributed by atoms with Crippen LogP contribution >= 0.6 is 0 Å². The molecule has 390 valence electrons. The van der Waals surface area contributed by atoms with Crippen molar-refractivity contribution in [2.24, 2.45) is 29.1 Å². The molecular weight excluding hydrogens is 893 g/mol. The summed E-state index contributed by atoms with van der Waals surface area (Å²) in [7, 11) is 6.70. The van der Waals surface area contributed by atoms with Crippen LogP contribution in [0.1, 0.15) is 131 Å². The topological polar surface area (TPSA) is 175 Å². The van der Waals surface area contributed by atoms with Crippen LogP contribution in [-0.2, 0) is 47.9 Å². The van der Waals surface area contributed by atoms with Gasteiger partial charge in [0.2, 0.25) is 17.7 Å². The van der Waals surface area contributed by atoms with Gasteiger partial charge in [0, 0.05) is 71.9 Å². The summed E-state index contributed by atoms with van der Waals surface area (Å²) in [6.45, 7) is 15.9. The first-order valence-electron chi connectivity index (χ1n) is 26.0. The lowest BCUT2D eigenvalue weighted by atomic mass is 9.87. The van der Waals surface area contributed by atoms with Crippen LogP contribution in [0.15, 0.2) is 42.5 Å². The average molecular weight is 977 g/mol. The number of hydroxylamine groups is 2. The van der Waals surface area contributed by atoms with E-state index in [4.69, 9.17) is 14.3 Å². The quantitative estimate of drug-likeness (QED) is 0.106. The number of nitrogens with one attached hydrogen (secondary N) is 1. The predicted octanol–water partition coefficient (Wildman–Crippen LogP) is 5.79. The fourth-order valence-electron chi connectivity index (χ4n) is 11.5. The molecule has 70 heavy (non-hydrogen) atoms. The van der Waals surface area contributed by atoms with Crippen molar-refractivity contribution >= 4 is 41.2 Å². The van der Waals surface area contributed by atoms with Crippen molar-refractivity contribution in [3.8, 4) is 0 Å². The number of methoxy groups -OCH3 is 2. The summed E-state index contributed by atoms with van der Waals surface area (Å²) in [5, 5.41) is 4.63. The minimum Gasteiger partial charge on any atom is -0.379 e. The number of hydrogen-bond donors (Lipinski definition) is 1. The largest absolute Gasteiger partial charge is 0.379 e. The number of Topliss-reactive ketones (excluding diaryl/α,β-unsaturated/α-hetero) is 1. The minimum absolute atomic E-state index is 0.00141. The van der Waals surface area contributed by atoms with Gasteiger partial charge in [-0.05, 0) is 87.6 Å². The van der Waals surface area contributed by atoms with E-state index in [-0.39, 0.29) is 90.3 Å². The van der Waals surface area contributed by atoms with E-state index < -0.39 is 41.7 Å². The Morgan fingerprint density at radius 3 is 2.16 bits per heavy atom. The lowest BCUT2D eigenvalue weighted by Gasteiger charge is -2.41. The van der Waals surface area contributed by atoms with Gasteiger partial charge < -0.3 is 24.6 Å². The van der Waals surface area contributed by atoms with Gasteiger partial charge in [-0.25, -0.2) is 5.06 Å². The number of carbonyl (C=O) groups excluding carboxylic acids is 7. The molecule has 16 heteroatoms. The van der Waals surface area contributed by atoms with Gasteiger partial charge in [0.1, 0.15) is 11.8 Å². The van der Waals surface area contributed by atoms with Crippen molar-refractivity contribution in [3.05, 3.63) is 48.0 Å². The molecule has 0 bridgehead atoms. The highest BCUT2D eigenvalue weighted by molar-refractivity contribution is 6.12. The zero-order valence-corrected chi connectivity index (χ0v) is 44.0. The summed E-state index contributed by atoms with van der Waals surface area (Å²) in [5.41, 5.74) is 0.534. The number of imide groups is 1. The smallest absolute Gasteiger partial charge is 0.253 e. The average Bonchev–Trinajstić information content (AvgIpc) is 3.72. The second-order valence-corrected chi connectivity index (χ2v) is 21.1. The summed E-state index contributed by atoms with van der Waals surface area (Å²) in [6, 6.07) is 7.82. The third-order valence-electron chi connectivity index (χ3n) is 15.7. The van der Waals surface area contributed by atoms with Gasteiger partial charge >= 0.3 is 0 Å². The van der Waals surface area contributed by atoms with Crippen molar-refractivity contribution in [3.63, 3.8) is 0 Å². The van der Waals surface area contributed by atoms with Gasteiger partial charge in [-0.1, -0.05) is 85.2 Å². The van der Waals surface area contributed by atoms with E-state index in [1.165, 1.54) is 17.1 Å². The Kier molecular flexibility index (Phi) is 20.7. The van der Waals surface area contributed by atoms with Crippen LogP contribution in [0.2, 0.25) is 0 Å². The van der Waals surface area contributed by atoms with Crippen molar-refractivity contribution in [2.45, 2.75) is 161 Å².